The van der Waals surface area contributed by atoms with Crippen LogP contribution in [0.3, 0.4) is 0 Å². The second-order valence-electron chi connectivity index (χ2n) is 5.76. The summed E-state index contributed by atoms with van der Waals surface area (Å²) in [5.41, 5.74) is 3.46. The van der Waals surface area contributed by atoms with Gasteiger partial charge in [-0.1, -0.05) is 12.1 Å². The zero-order valence-electron chi connectivity index (χ0n) is 14.9. The molecule has 0 unspecified atom stereocenters. The standard InChI is InChI=1S/C20H20N2O4/c1-14-4-8-19-21-16(12-22(19)11-14)13-26-20(23)9-6-15-5-7-17(24-2)18(10-15)25-3/h4-12H,13H2,1-3H3/b9-6+. The maximum atomic E-state index is 11.9. The van der Waals surface area contributed by atoms with Crippen LogP contribution in [0.1, 0.15) is 16.8 Å². The molecule has 6 nitrogen and oxygen atoms in total. The number of benzene rings is 1. The predicted octanol–water partition coefficient (Wildman–Crippen LogP) is 3.42. The molecule has 2 aromatic heterocycles. The van der Waals surface area contributed by atoms with E-state index in [4.69, 9.17) is 14.2 Å². The topological polar surface area (TPSA) is 62.1 Å². The van der Waals surface area contributed by atoms with Gasteiger partial charge < -0.3 is 18.6 Å². The van der Waals surface area contributed by atoms with Crippen molar-refractivity contribution in [2.45, 2.75) is 13.5 Å². The highest BCUT2D eigenvalue weighted by Gasteiger charge is 2.06. The lowest BCUT2D eigenvalue weighted by Crippen LogP contribution is -2.00. The number of rotatable bonds is 6. The minimum absolute atomic E-state index is 0.121. The first-order valence-corrected chi connectivity index (χ1v) is 8.10. The summed E-state index contributed by atoms with van der Waals surface area (Å²) in [6.45, 7) is 2.13. The van der Waals surface area contributed by atoms with E-state index in [9.17, 15) is 4.79 Å². The number of nitrogens with zero attached hydrogens (tertiary/aromatic N) is 2. The Morgan fingerprint density at radius 1 is 1.12 bits per heavy atom. The van der Waals surface area contributed by atoms with Crippen molar-refractivity contribution >= 4 is 17.7 Å². The molecule has 26 heavy (non-hydrogen) atoms. The number of imidazole rings is 1. The van der Waals surface area contributed by atoms with Crippen LogP contribution in [-0.2, 0) is 16.1 Å². The number of carbonyl (C=O) groups is 1. The average molecular weight is 352 g/mol. The Balaban J connectivity index is 1.62. The van der Waals surface area contributed by atoms with Crippen LogP contribution in [0.5, 0.6) is 11.5 Å². The van der Waals surface area contributed by atoms with E-state index in [2.05, 4.69) is 4.98 Å². The highest BCUT2D eigenvalue weighted by atomic mass is 16.5. The highest BCUT2D eigenvalue weighted by Crippen LogP contribution is 2.27. The molecule has 0 fully saturated rings. The van der Waals surface area contributed by atoms with Crippen molar-refractivity contribution in [1.29, 1.82) is 0 Å². The van der Waals surface area contributed by atoms with Gasteiger partial charge in [0.2, 0.25) is 0 Å². The first-order chi connectivity index (χ1) is 12.6. The van der Waals surface area contributed by atoms with E-state index in [1.807, 2.05) is 41.9 Å². The molecular formula is C20H20N2O4. The molecule has 0 N–H and O–H groups in total. The van der Waals surface area contributed by atoms with E-state index in [0.717, 1.165) is 16.8 Å². The highest BCUT2D eigenvalue weighted by molar-refractivity contribution is 5.87. The zero-order chi connectivity index (χ0) is 18.5. The number of hydrogen-bond donors (Lipinski definition) is 0. The monoisotopic (exact) mass is 352 g/mol. The first-order valence-electron chi connectivity index (χ1n) is 8.10. The summed E-state index contributed by atoms with van der Waals surface area (Å²) < 4.78 is 17.6. The normalized spacial score (nSPS) is 11.0. The van der Waals surface area contributed by atoms with Crippen LogP contribution in [0, 0.1) is 6.92 Å². The van der Waals surface area contributed by atoms with Crippen molar-refractivity contribution in [3.8, 4) is 11.5 Å². The van der Waals surface area contributed by atoms with Gasteiger partial charge in [-0.2, -0.15) is 0 Å². The molecule has 0 atom stereocenters. The SMILES string of the molecule is COc1ccc(/C=C/C(=O)OCc2cn3cc(C)ccc3n2)cc1OC. The molecule has 6 heteroatoms. The van der Waals surface area contributed by atoms with Crippen LogP contribution < -0.4 is 9.47 Å². The maximum absolute atomic E-state index is 11.9. The minimum Gasteiger partial charge on any atom is -0.493 e. The summed E-state index contributed by atoms with van der Waals surface area (Å²) in [5, 5.41) is 0. The molecular weight excluding hydrogens is 332 g/mol. The fourth-order valence-corrected chi connectivity index (χ4v) is 2.54. The van der Waals surface area contributed by atoms with Crippen LogP contribution in [0.4, 0.5) is 0 Å². The van der Waals surface area contributed by atoms with Gasteiger partial charge in [-0.15, -0.1) is 0 Å². The molecule has 0 saturated carbocycles. The summed E-state index contributed by atoms with van der Waals surface area (Å²) in [4.78, 5) is 16.4. The first kappa shape index (κ1) is 17.5. The van der Waals surface area contributed by atoms with Gasteiger partial charge in [-0.05, 0) is 42.3 Å². The number of hydrogen-bond acceptors (Lipinski definition) is 5. The van der Waals surface area contributed by atoms with Crippen molar-refractivity contribution in [2.75, 3.05) is 14.2 Å². The Hall–Kier alpha value is -3.28. The number of methoxy groups -OCH3 is 2. The molecule has 0 aliphatic rings. The Morgan fingerprint density at radius 2 is 1.92 bits per heavy atom. The fourth-order valence-electron chi connectivity index (χ4n) is 2.54. The number of carbonyl (C=O) groups excluding carboxylic acids is 1. The molecule has 0 aliphatic heterocycles. The minimum atomic E-state index is -0.437. The van der Waals surface area contributed by atoms with Crippen molar-refractivity contribution in [3.05, 3.63) is 65.6 Å². The number of aromatic nitrogens is 2. The molecule has 0 saturated heterocycles. The average Bonchev–Trinajstić information content (AvgIpc) is 3.06. The van der Waals surface area contributed by atoms with Gasteiger partial charge in [0.15, 0.2) is 11.5 Å². The van der Waals surface area contributed by atoms with Gasteiger partial charge in [-0.25, -0.2) is 9.78 Å². The van der Waals surface area contributed by atoms with Gasteiger partial charge in [0, 0.05) is 18.5 Å². The van der Waals surface area contributed by atoms with Crippen molar-refractivity contribution in [3.63, 3.8) is 0 Å². The molecule has 3 rings (SSSR count). The van der Waals surface area contributed by atoms with E-state index in [0.29, 0.717) is 17.2 Å². The Morgan fingerprint density at radius 3 is 2.69 bits per heavy atom. The summed E-state index contributed by atoms with van der Waals surface area (Å²) in [7, 11) is 3.14. The van der Waals surface area contributed by atoms with E-state index in [1.54, 1.807) is 32.4 Å². The molecule has 0 bridgehead atoms. The number of esters is 1. The predicted molar refractivity (Wildman–Crippen MR) is 98.3 cm³/mol. The summed E-state index contributed by atoms with van der Waals surface area (Å²) in [6.07, 6.45) is 6.87. The van der Waals surface area contributed by atoms with Crippen LogP contribution in [0.2, 0.25) is 0 Å². The zero-order valence-corrected chi connectivity index (χ0v) is 14.9. The van der Waals surface area contributed by atoms with E-state index < -0.39 is 5.97 Å². The van der Waals surface area contributed by atoms with Gasteiger partial charge in [-0.3, -0.25) is 0 Å². The number of aryl methyl sites for hydroxylation is 1. The Labute approximate surface area is 151 Å². The molecule has 134 valence electrons. The Kier molecular flexibility index (Phi) is 5.22. The van der Waals surface area contributed by atoms with Crippen molar-refractivity contribution in [2.24, 2.45) is 0 Å². The maximum Gasteiger partial charge on any atom is 0.331 e. The van der Waals surface area contributed by atoms with Crippen molar-refractivity contribution < 1.29 is 19.0 Å². The quantitative estimate of drug-likeness (QED) is 0.502. The third kappa shape index (κ3) is 4.03. The lowest BCUT2D eigenvalue weighted by Gasteiger charge is -2.07. The molecule has 2 heterocycles. The van der Waals surface area contributed by atoms with E-state index in [1.165, 1.54) is 6.08 Å². The van der Waals surface area contributed by atoms with Gasteiger partial charge in [0.05, 0.1) is 19.9 Å². The van der Waals surface area contributed by atoms with Gasteiger partial charge in [0.25, 0.3) is 0 Å². The van der Waals surface area contributed by atoms with E-state index >= 15 is 0 Å². The van der Waals surface area contributed by atoms with Crippen LogP contribution in [0.15, 0.2) is 48.8 Å². The largest absolute Gasteiger partial charge is 0.493 e. The second-order valence-corrected chi connectivity index (χ2v) is 5.76. The molecule has 0 spiro atoms. The number of ether oxygens (including phenoxy) is 3. The molecule has 1 aromatic carbocycles. The number of fused-ring (bicyclic) bond motifs is 1. The number of pyridine rings is 1. The Bertz CT molecular complexity index is 960. The van der Waals surface area contributed by atoms with Gasteiger partial charge >= 0.3 is 5.97 Å². The molecule has 3 aromatic rings. The van der Waals surface area contributed by atoms with E-state index in [-0.39, 0.29) is 6.61 Å². The summed E-state index contributed by atoms with van der Waals surface area (Å²) >= 11 is 0. The van der Waals surface area contributed by atoms with Crippen LogP contribution >= 0.6 is 0 Å². The lowest BCUT2D eigenvalue weighted by molar-refractivity contribution is -0.139. The third-order valence-corrected chi connectivity index (χ3v) is 3.83. The molecule has 0 amide bonds. The third-order valence-electron chi connectivity index (χ3n) is 3.83. The summed E-state index contributed by atoms with van der Waals surface area (Å²) in [5.74, 6) is 0.797. The van der Waals surface area contributed by atoms with Crippen LogP contribution in [0.25, 0.3) is 11.7 Å². The molecule has 0 aliphatic carbocycles. The van der Waals surface area contributed by atoms with Gasteiger partial charge in [0.1, 0.15) is 12.3 Å². The lowest BCUT2D eigenvalue weighted by atomic mass is 10.2. The second kappa shape index (κ2) is 7.74. The van der Waals surface area contributed by atoms with Crippen molar-refractivity contribution in [1.82, 2.24) is 9.38 Å². The smallest absolute Gasteiger partial charge is 0.331 e. The fraction of sp³-hybridized carbons (Fsp3) is 0.200. The molecule has 0 radical (unpaired) electrons. The van der Waals surface area contributed by atoms with Crippen LogP contribution in [-0.4, -0.2) is 29.6 Å². The summed E-state index contributed by atoms with van der Waals surface area (Å²) in [6, 6.07) is 9.31.